The lowest BCUT2D eigenvalue weighted by Crippen LogP contribution is -1.88. The highest BCUT2D eigenvalue weighted by Crippen LogP contribution is 2.30. The van der Waals surface area contributed by atoms with Gasteiger partial charge in [-0.1, -0.05) is 6.07 Å². The summed E-state index contributed by atoms with van der Waals surface area (Å²) in [6, 6.07) is 5.23. The van der Waals surface area contributed by atoms with Crippen molar-refractivity contribution in [2.24, 2.45) is 0 Å². The van der Waals surface area contributed by atoms with E-state index in [0.717, 1.165) is 0 Å². The lowest BCUT2D eigenvalue weighted by atomic mass is 10.4. The first-order valence-electron chi connectivity index (χ1n) is 3.90. The van der Waals surface area contributed by atoms with Crippen LogP contribution in [0.25, 0.3) is 5.52 Å². The Morgan fingerprint density at radius 3 is 3.00 bits per heavy atom. The van der Waals surface area contributed by atoms with Crippen LogP contribution in [0.3, 0.4) is 0 Å². The maximum Gasteiger partial charge on any atom is 0.328 e. The fraction of sp³-hybridized carbons (Fsp3) is 0.125. The summed E-state index contributed by atoms with van der Waals surface area (Å²) in [4.78, 5) is 10.4. The van der Waals surface area contributed by atoms with Crippen molar-refractivity contribution in [1.29, 1.82) is 0 Å². The third-order valence-corrected chi connectivity index (χ3v) is 2.52. The highest BCUT2D eigenvalue weighted by Gasteiger charge is 2.21. The molecule has 0 bridgehead atoms. The summed E-state index contributed by atoms with van der Waals surface area (Å²) < 4.78 is 1.52. The molecule has 14 heavy (non-hydrogen) atoms. The topological polar surface area (TPSA) is 60.4 Å². The molecule has 0 unspecified atom stereocenters. The van der Waals surface area contributed by atoms with Gasteiger partial charge in [0.25, 0.3) is 0 Å². The van der Waals surface area contributed by atoms with Crippen LogP contribution in [0.4, 0.5) is 5.69 Å². The molecule has 0 atom stereocenters. The van der Waals surface area contributed by atoms with E-state index in [9.17, 15) is 10.1 Å². The molecule has 0 aliphatic rings. The number of hydrogen-bond acceptors (Lipinski definition) is 4. The van der Waals surface area contributed by atoms with Crippen molar-refractivity contribution in [3.8, 4) is 0 Å². The van der Waals surface area contributed by atoms with Gasteiger partial charge in [0.05, 0.1) is 4.92 Å². The van der Waals surface area contributed by atoms with E-state index in [2.05, 4.69) is 5.10 Å². The van der Waals surface area contributed by atoms with Crippen LogP contribution >= 0.6 is 11.8 Å². The summed E-state index contributed by atoms with van der Waals surface area (Å²) in [6.07, 6.45) is 3.47. The molecule has 6 heteroatoms. The van der Waals surface area contributed by atoms with Gasteiger partial charge >= 0.3 is 5.69 Å². The molecular formula is C8H7N3O2S. The minimum absolute atomic E-state index is 0.0816. The van der Waals surface area contributed by atoms with E-state index in [1.165, 1.54) is 16.3 Å². The van der Waals surface area contributed by atoms with Crippen molar-refractivity contribution < 1.29 is 4.92 Å². The van der Waals surface area contributed by atoms with Crippen LogP contribution in [0.2, 0.25) is 0 Å². The number of pyridine rings is 1. The lowest BCUT2D eigenvalue weighted by Gasteiger charge is -1.89. The third-order valence-electron chi connectivity index (χ3n) is 1.86. The molecule has 2 aromatic rings. The van der Waals surface area contributed by atoms with Crippen LogP contribution in [0, 0.1) is 10.1 Å². The summed E-state index contributed by atoms with van der Waals surface area (Å²) in [7, 11) is 0. The fourth-order valence-corrected chi connectivity index (χ4v) is 1.82. The maximum atomic E-state index is 10.8. The zero-order chi connectivity index (χ0) is 10.1. The summed E-state index contributed by atoms with van der Waals surface area (Å²) >= 11 is 1.28. The smallest absolute Gasteiger partial charge is 0.258 e. The second-order valence-electron chi connectivity index (χ2n) is 2.65. The average Bonchev–Trinajstić information content (AvgIpc) is 2.55. The van der Waals surface area contributed by atoms with Crippen LogP contribution in [-0.2, 0) is 0 Å². The molecule has 72 valence electrons. The zero-order valence-corrected chi connectivity index (χ0v) is 8.19. The quantitative estimate of drug-likeness (QED) is 0.431. The Kier molecular flexibility index (Phi) is 2.12. The van der Waals surface area contributed by atoms with Crippen LogP contribution < -0.4 is 0 Å². The van der Waals surface area contributed by atoms with E-state index in [1.54, 1.807) is 30.7 Å². The van der Waals surface area contributed by atoms with Gasteiger partial charge in [-0.15, -0.1) is 11.8 Å². The molecule has 0 aliphatic heterocycles. The summed E-state index contributed by atoms with van der Waals surface area (Å²) in [5.74, 6) is 0. The molecule has 2 heterocycles. The largest absolute Gasteiger partial charge is 0.328 e. The third kappa shape index (κ3) is 1.24. The van der Waals surface area contributed by atoms with Gasteiger partial charge in [-0.2, -0.15) is 5.10 Å². The number of aromatic nitrogens is 2. The molecular weight excluding hydrogens is 202 g/mol. The number of fused-ring (bicyclic) bond motifs is 1. The van der Waals surface area contributed by atoms with Gasteiger partial charge in [-0.25, -0.2) is 4.52 Å². The molecule has 0 N–H and O–H groups in total. The van der Waals surface area contributed by atoms with Gasteiger partial charge in [-0.3, -0.25) is 10.1 Å². The van der Waals surface area contributed by atoms with Crippen LogP contribution in [-0.4, -0.2) is 20.8 Å². The SMILES string of the molecule is CSc1nn2ccccc2c1[N+](=O)[O-]. The number of hydrogen-bond donors (Lipinski definition) is 0. The predicted octanol–water partition coefficient (Wildman–Crippen LogP) is 1.96. The van der Waals surface area contributed by atoms with Crippen molar-refractivity contribution >= 4 is 23.0 Å². The Labute approximate surface area is 83.9 Å². The number of nitrogens with zero attached hydrogens (tertiary/aromatic N) is 3. The second-order valence-corrected chi connectivity index (χ2v) is 3.44. The molecule has 5 nitrogen and oxygen atoms in total. The minimum atomic E-state index is -0.395. The standard InChI is InChI=1S/C8H7N3O2S/c1-14-8-7(11(12)13)6-4-2-3-5-10(6)9-8/h2-5H,1H3. The van der Waals surface area contributed by atoms with Gasteiger partial charge in [0, 0.05) is 6.20 Å². The Morgan fingerprint density at radius 2 is 2.36 bits per heavy atom. The Morgan fingerprint density at radius 1 is 1.57 bits per heavy atom. The maximum absolute atomic E-state index is 10.8. The molecule has 0 amide bonds. The number of nitro groups is 1. The zero-order valence-electron chi connectivity index (χ0n) is 7.38. The molecule has 0 radical (unpaired) electrons. The molecule has 2 rings (SSSR count). The molecule has 2 aromatic heterocycles. The van der Waals surface area contributed by atoms with E-state index in [-0.39, 0.29) is 5.69 Å². The normalized spacial score (nSPS) is 10.6. The van der Waals surface area contributed by atoms with Gasteiger partial charge in [-0.05, 0) is 18.4 Å². The van der Waals surface area contributed by atoms with E-state index in [4.69, 9.17) is 0 Å². The first kappa shape index (κ1) is 9.01. The monoisotopic (exact) mass is 209 g/mol. The predicted molar refractivity (Wildman–Crippen MR) is 53.6 cm³/mol. The highest BCUT2D eigenvalue weighted by atomic mass is 32.2. The van der Waals surface area contributed by atoms with Crippen molar-refractivity contribution in [2.75, 3.05) is 6.26 Å². The molecule has 0 aromatic carbocycles. The van der Waals surface area contributed by atoms with E-state index < -0.39 is 4.92 Å². The van der Waals surface area contributed by atoms with Crippen LogP contribution in [0.1, 0.15) is 0 Å². The molecule has 0 fully saturated rings. The van der Waals surface area contributed by atoms with Gasteiger partial charge in [0.15, 0.2) is 5.03 Å². The summed E-state index contributed by atoms with van der Waals surface area (Å²) in [6.45, 7) is 0. The fourth-order valence-electron chi connectivity index (χ4n) is 1.27. The molecule has 0 aliphatic carbocycles. The van der Waals surface area contributed by atoms with E-state index in [0.29, 0.717) is 10.5 Å². The minimum Gasteiger partial charge on any atom is -0.258 e. The van der Waals surface area contributed by atoms with E-state index in [1.807, 2.05) is 0 Å². The van der Waals surface area contributed by atoms with Gasteiger partial charge in [0.2, 0.25) is 0 Å². The van der Waals surface area contributed by atoms with Crippen LogP contribution in [0.5, 0.6) is 0 Å². The first-order chi connectivity index (χ1) is 6.74. The van der Waals surface area contributed by atoms with Crippen molar-refractivity contribution in [3.63, 3.8) is 0 Å². The van der Waals surface area contributed by atoms with Crippen molar-refractivity contribution in [2.45, 2.75) is 5.03 Å². The van der Waals surface area contributed by atoms with Crippen molar-refractivity contribution in [3.05, 3.63) is 34.5 Å². The molecule has 0 spiro atoms. The molecule has 0 saturated heterocycles. The average molecular weight is 209 g/mol. The second kappa shape index (κ2) is 3.30. The summed E-state index contributed by atoms with van der Waals surface area (Å²) in [5, 5.41) is 15.3. The Hall–Kier alpha value is -1.56. The van der Waals surface area contributed by atoms with Crippen LogP contribution in [0.15, 0.2) is 29.4 Å². The van der Waals surface area contributed by atoms with Crippen molar-refractivity contribution in [1.82, 2.24) is 9.61 Å². The highest BCUT2D eigenvalue weighted by molar-refractivity contribution is 7.98. The lowest BCUT2D eigenvalue weighted by molar-refractivity contribution is -0.386. The summed E-state index contributed by atoms with van der Waals surface area (Å²) in [5.41, 5.74) is 0.611. The van der Waals surface area contributed by atoms with Gasteiger partial charge < -0.3 is 0 Å². The number of thioether (sulfide) groups is 1. The first-order valence-corrected chi connectivity index (χ1v) is 5.12. The number of rotatable bonds is 2. The van der Waals surface area contributed by atoms with Gasteiger partial charge in [0.1, 0.15) is 5.52 Å². The Balaban J connectivity index is 2.81. The molecule has 0 saturated carbocycles. The Bertz CT molecular complexity index is 494. The van der Waals surface area contributed by atoms with E-state index >= 15 is 0 Å².